The number of rotatable bonds is 5. The number of nitrogens with two attached hydrogens (primary N) is 2. The Hall–Kier alpha value is -2.65. The van der Waals surface area contributed by atoms with E-state index in [2.05, 4.69) is 5.32 Å². The molecule has 0 aromatic heterocycles. The maximum atomic E-state index is 14.4. The predicted octanol–water partition coefficient (Wildman–Crippen LogP) is 6.25. The molecular formula is C24H16Cl4F3N3O2. The zero-order valence-corrected chi connectivity index (χ0v) is 21.3. The fourth-order valence-electron chi connectivity index (χ4n) is 4.38. The summed E-state index contributed by atoms with van der Waals surface area (Å²) in [5.74, 6) is -5.59. The molecule has 36 heavy (non-hydrogen) atoms. The number of carbonyl (C=O) groups excluding carboxylic acids is 2. The molecule has 1 fully saturated rings. The molecular weight excluding hydrogens is 561 g/mol. The Balaban J connectivity index is 1.82. The van der Waals surface area contributed by atoms with Crippen LogP contribution in [0.15, 0.2) is 42.5 Å². The number of primary amides is 1. The molecule has 0 heterocycles. The van der Waals surface area contributed by atoms with Gasteiger partial charge < -0.3 is 16.8 Å². The number of aryl methyl sites for hydroxylation is 1. The number of halogens is 7. The van der Waals surface area contributed by atoms with E-state index in [4.69, 9.17) is 57.9 Å². The Morgan fingerprint density at radius 3 is 2.25 bits per heavy atom. The minimum Gasteiger partial charge on any atom is -0.394 e. The zero-order chi connectivity index (χ0) is 26.7. The Morgan fingerprint density at radius 2 is 1.64 bits per heavy atom. The summed E-state index contributed by atoms with van der Waals surface area (Å²) < 4.78 is 39.8. The van der Waals surface area contributed by atoms with Gasteiger partial charge in [-0.15, -0.1) is 0 Å². The second-order valence-corrected chi connectivity index (χ2v) is 10.5. The van der Waals surface area contributed by atoms with E-state index in [-0.39, 0.29) is 21.2 Å². The molecule has 3 aromatic rings. The number of anilines is 2. The smallest absolute Gasteiger partial charge is 0.257 e. The van der Waals surface area contributed by atoms with Crippen LogP contribution in [0.5, 0.6) is 0 Å². The van der Waals surface area contributed by atoms with Gasteiger partial charge in [-0.1, -0.05) is 58.5 Å². The molecule has 0 bridgehead atoms. The molecule has 5 N–H and O–H groups in total. The molecule has 2 unspecified atom stereocenters. The summed E-state index contributed by atoms with van der Waals surface area (Å²) in [4.78, 5) is 25.9. The minimum absolute atomic E-state index is 0.0110. The molecule has 0 saturated heterocycles. The van der Waals surface area contributed by atoms with Crippen molar-refractivity contribution in [3.05, 3.63) is 92.2 Å². The van der Waals surface area contributed by atoms with Gasteiger partial charge in [0, 0.05) is 5.92 Å². The van der Waals surface area contributed by atoms with Crippen molar-refractivity contribution in [2.24, 2.45) is 5.73 Å². The number of benzene rings is 3. The van der Waals surface area contributed by atoms with Crippen molar-refractivity contribution in [3.63, 3.8) is 0 Å². The molecule has 0 aliphatic heterocycles. The van der Waals surface area contributed by atoms with Gasteiger partial charge in [0.1, 0.15) is 27.1 Å². The van der Waals surface area contributed by atoms with Gasteiger partial charge in [-0.25, -0.2) is 13.2 Å². The lowest BCUT2D eigenvalue weighted by Crippen LogP contribution is -2.34. The standard InChI is InChI=1S/C24H16Cl4F3N3O2/c1-9-6-11(8-12(17(9)26)21(35)34-16-5-4-15(30)19(32)18(16)31)23(22(33)36)20(24(23,27)28)10-2-3-14(29)13(25)7-10/h2-8,20H,32H2,1H3,(H2,33,36)(H,34,35). The molecule has 0 spiro atoms. The SMILES string of the molecule is Cc1cc(C2(C(N)=O)C(c3ccc(F)c(Cl)c3)C2(Cl)Cl)cc(C(=O)Nc2ccc(F)c(N)c2F)c1Cl. The molecule has 3 aromatic carbocycles. The van der Waals surface area contributed by atoms with Crippen LogP contribution in [0, 0.1) is 24.4 Å². The average Bonchev–Trinajstić information content (AvgIpc) is 3.34. The van der Waals surface area contributed by atoms with Crippen LogP contribution in [-0.4, -0.2) is 16.1 Å². The van der Waals surface area contributed by atoms with Crippen LogP contribution < -0.4 is 16.8 Å². The Bertz CT molecular complexity index is 1450. The first-order valence-electron chi connectivity index (χ1n) is 10.2. The topological polar surface area (TPSA) is 98.2 Å². The van der Waals surface area contributed by atoms with Gasteiger partial charge in [-0.3, -0.25) is 9.59 Å². The highest BCUT2D eigenvalue weighted by Gasteiger charge is 2.80. The number of nitrogens with one attached hydrogen (secondary N) is 1. The van der Waals surface area contributed by atoms with Gasteiger partial charge in [-0.05, 0) is 53.9 Å². The highest BCUT2D eigenvalue weighted by Crippen LogP contribution is 2.74. The van der Waals surface area contributed by atoms with Gasteiger partial charge in [0.25, 0.3) is 5.91 Å². The molecule has 1 saturated carbocycles. The number of nitrogen functional groups attached to an aromatic ring is 1. The third-order valence-corrected chi connectivity index (χ3v) is 8.06. The Morgan fingerprint density at radius 1 is 1.00 bits per heavy atom. The number of alkyl halides is 2. The van der Waals surface area contributed by atoms with Crippen LogP contribution in [-0.2, 0) is 10.2 Å². The Kier molecular flexibility index (Phi) is 6.62. The maximum absolute atomic E-state index is 14.4. The number of hydrogen-bond donors (Lipinski definition) is 3. The normalized spacial score (nSPS) is 20.2. The van der Waals surface area contributed by atoms with Gasteiger partial charge in [0.05, 0.1) is 21.3 Å². The van der Waals surface area contributed by atoms with Gasteiger partial charge in [0.15, 0.2) is 5.82 Å². The molecule has 0 radical (unpaired) electrons. The van der Waals surface area contributed by atoms with Crippen molar-refractivity contribution in [2.45, 2.75) is 22.6 Å². The summed E-state index contributed by atoms with van der Waals surface area (Å²) >= 11 is 25.4. The number of hydrogen-bond acceptors (Lipinski definition) is 3. The fraction of sp³-hybridized carbons (Fsp3) is 0.167. The van der Waals surface area contributed by atoms with Gasteiger partial charge in [0.2, 0.25) is 5.91 Å². The second-order valence-electron chi connectivity index (χ2n) is 8.33. The first kappa shape index (κ1) is 26.4. The van der Waals surface area contributed by atoms with Crippen LogP contribution in [0.4, 0.5) is 24.5 Å². The first-order valence-corrected chi connectivity index (χ1v) is 11.7. The van der Waals surface area contributed by atoms with Gasteiger partial charge in [-0.2, -0.15) is 0 Å². The largest absolute Gasteiger partial charge is 0.394 e. The molecule has 2 atom stereocenters. The van der Waals surface area contributed by atoms with E-state index in [1.54, 1.807) is 6.92 Å². The molecule has 1 aliphatic rings. The van der Waals surface area contributed by atoms with Crippen LogP contribution in [0.2, 0.25) is 10.0 Å². The molecule has 188 valence electrons. The quantitative estimate of drug-likeness (QED) is 0.247. The maximum Gasteiger partial charge on any atom is 0.257 e. The van der Waals surface area contributed by atoms with E-state index in [0.717, 1.165) is 18.2 Å². The fourth-order valence-corrected chi connectivity index (χ4v) is 5.86. The van der Waals surface area contributed by atoms with E-state index >= 15 is 0 Å². The highest BCUT2D eigenvalue weighted by molar-refractivity contribution is 6.55. The second kappa shape index (κ2) is 9.03. The summed E-state index contributed by atoms with van der Waals surface area (Å²) in [6, 6.07) is 8.37. The van der Waals surface area contributed by atoms with E-state index in [1.165, 1.54) is 24.3 Å². The van der Waals surface area contributed by atoms with Crippen molar-refractivity contribution >= 4 is 69.6 Å². The van der Waals surface area contributed by atoms with E-state index in [0.29, 0.717) is 11.1 Å². The first-order chi connectivity index (χ1) is 16.7. The van der Waals surface area contributed by atoms with Crippen LogP contribution in [0.1, 0.15) is 33.0 Å². The van der Waals surface area contributed by atoms with Crippen LogP contribution >= 0.6 is 46.4 Å². The van der Waals surface area contributed by atoms with E-state index < -0.39 is 56.3 Å². The number of amides is 2. The number of carbonyl (C=O) groups is 2. The average molecular weight is 577 g/mol. The Labute approximate surface area is 223 Å². The van der Waals surface area contributed by atoms with Crippen molar-refractivity contribution in [2.75, 3.05) is 11.1 Å². The molecule has 4 rings (SSSR count). The van der Waals surface area contributed by atoms with Crippen molar-refractivity contribution in [1.29, 1.82) is 0 Å². The van der Waals surface area contributed by atoms with Crippen LogP contribution in [0.3, 0.4) is 0 Å². The monoisotopic (exact) mass is 575 g/mol. The van der Waals surface area contributed by atoms with Gasteiger partial charge >= 0.3 is 0 Å². The predicted molar refractivity (Wildman–Crippen MR) is 134 cm³/mol. The summed E-state index contributed by atoms with van der Waals surface area (Å²) in [5, 5.41) is 2.06. The third-order valence-electron chi connectivity index (χ3n) is 6.23. The molecule has 1 aliphatic carbocycles. The van der Waals surface area contributed by atoms with Crippen molar-refractivity contribution < 1.29 is 22.8 Å². The van der Waals surface area contributed by atoms with E-state index in [9.17, 15) is 22.8 Å². The van der Waals surface area contributed by atoms with Crippen molar-refractivity contribution in [3.8, 4) is 0 Å². The lowest BCUT2D eigenvalue weighted by Gasteiger charge is -2.19. The zero-order valence-electron chi connectivity index (χ0n) is 18.2. The summed E-state index contributed by atoms with van der Waals surface area (Å²) in [6.45, 7) is 1.56. The van der Waals surface area contributed by atoms with Crippen molar-refractivity contribution in [1.82, 2.24) is 0 Å². The van der Waals surface area contributed by atoms with Crippen LogP contribution in [0.25, 0.3) is 0 Å². The summed E-state index contributed by atoms with van der Waals surface area (Å²) in [7, 11) is 0. The highest BCUT2D eigenvalue weighted by atomic mass is 35.5. The summed E-state index contributed by atoms with van der Waals surface area (Å²) in [5.41, 5.74) is 8.90. The third kappa shape index (κ3) is 3.87. The van der Waals surface area contributed by atoms with E-state index in [1.807, 2.05) is 0 Å². The molecule has 12 heteroatoms. The minimum atomic E-state index is -1.79. The lowest BCUT2D eigenvalue weighted by atomic mass is 9.87. The molecule has 5 nitrogen and oxygen atoms in total. The molecule has 2 amide bonds. The lowest BCUT2D eigenvalue weighted by molar-refractivity contribution is -0.120. The summed E-state index contributed by atoms with van der Waals surface area (Å²) in [6.07, 6.45) is 0.